The maximum Gasteiger partial charge on any atom is 0.225 e. The van der Waals surface area contributed by atoms with E-state index in [0.29, 0.717) is 12.1 Å². The molecule has 1 unspecified atom stereocenters. The Balaban J connectivity index is 1.53. The second-order valence-electron chi connectivity index (χ2n) is 7.07. The van der Waals surface area contributed by atoms with Gasteiger partial charge in [0.25, 0.3) is 0 Å². The number of piperidine rings is 1. The zero-order valence-corrected chi connectivity index (χ0v) is 17.0. The molecule has 6 nitrogen and oxygen atoms in total. The van der Waals surface area contributed by atoms with Crippen molar-refractivity contribution in [3.05, 3.63) is 53.7 Å². The average Bonchev–Trinajstić information content (AvgIpc) is 2.73. The number of hydrogen-bond donors (Lipinski definition) is 0. The van der Waals surface area contributed by atoms with Crippen LogP contribution in [0.5, 0.6) is 0 Å². The Bertz CT molecular complexity index is 882. The van der Waals surface area contributed by atoms with Crippen LogP contribution in [0.4, 0.5) is 5.82 Å². The number of nitriles is 1. The van der Waals surface area contributed by atoms with E-state index in [9.17, 15) is 9.00 Å². The summed E-state index contributed by atoms with van der Waals surface area (Å²) in [6.45, 7) is 2.10. The fourth-order valence-electron chi connectivity index (χ4n) is 3.44. The molecule has 2 aromatic rings. The van der Waals surface area contributed by atoms with Gasteiger partial charge in [0, 0.05) is 60.7 Å². The molecule has 0 spiro atoms. The topological polar surface area (TPSA) is 77.3 Å². The van der Waals surface area contributed by atoms with Crippen LogP contribution >= 0.6 is 0 Å². The molecule has 28 heavy (non-hydrogen) atoms. The second kappa shape index (κ2) is 8.98. The first-order chi connectivity index (χ1) is 13.5. The number of aromatic nitrogens is 1. The zero-order valence-electron chi connectivity index (χ0n) is 16.2. The van der Waals surface area contributed by atoms with E-state index in [1.165, 1.54) is 0 Å². The molecule has 1 atom stereocenters. The van der Waals surface area contributed by atoms with Gasteiger partial charge in [-0.2, -0.15) is 5.26 Å². The van der Waals surface area contributed by atoms with Crippen molar-refractivity contribution in [2.75, 3.05) is 31.3 Å². The highest BCUT2D eigenvalue weighted by molar-refractivity contribution is 7.84. The van der Waals surface area contributed by atoms with Crippen LogP contribution in [0.3, 0.4) is 0 Å². The molecule has 3 rings (SSSR count). The number of carbonyl (C=O) groups is 1. The molecule has 0 aliphatic carbocycles. The molecule has 0 radical (unpaired) electrons. The average molecular weight is 397 g/mol. The van der Waals surface area contributed by atoms with E-state index < -0.39 is 10.8 Å². The fraction of sp³-hybridized carbons (Fsp3) is 0.381. The lowest BCUT2D eigenvalue weighted by atomic mass is 9.95. The first-order valence-electron chi connectivity index (χ1n) is 9.26. The van der Waals surface area contributed by atoms with Gasteiger partial charge in [0.15, 0.2) is 0 Å². The molecule has 7 heteroatoms. The highest BCUT2D eigenvalue weighted by atomic mass is 32.2. The summed E-state index contributed by atoms with van der Waals surface area (Å²) in [6, 6.07) is 13.3. The first-order valence-corrected chi connectivity index (χ1v) is 10.8. The smallest absolute Gasteiger partial charge is 0.225 e. The summed E-state index contributed by atoms with van der Waals surface area (Å²) >= 11 is 0. The number of anilines is 1. The van der Waals surface area contributed by atoms with Crippen LogP contribution in [0.2, 0.25) is 0 Å². The van der Waals surface area contributed by atoms with Gasteiger partial charge in [-0.15, -0.1) is 0 Å². The van der Waals surface area contributed by atoms with Crippen LogP contribution in [0.1, 0.15) is 24.0 Å². The van der Waals surface area contributed by atoms with E-state index in [4.69, 9.17) is 5.26 Å². The molecule has 0 bridgehead atoms. The summed E-state index contributed by atoms with van der Waals surface area (Å²) in [6.07, 6.45) is 4.82. The summed E-state index contributed by atoms with van der Waals surface area (Å²) in [4.78, 5) is 21.9. The third kappa shape index (κ3) is 4.76. The minimum Gasteiger partial charge on any atom is -0.357 e. The standard InChI is InChI=1S/C21H24N4O2S/c1-24(15-16-3-6-19(7-4-16)28(2)27)21(26)18-9-11-25(12-10-18)20-8-5-17(13-22)14-23-20/h3-8,14,18H,9-12,15H2,1-2H3. The summed E-state index contributed by atoms with van der Waals surface area (Å²) in [5.74, 6) is 1.03. The number of amides is 1. The number of rotatable bonds is 5. The van der Waals surface area contributed by atoms with Crippen molar-refractivity contribution in [1.29, 1.82) is 5.26 Å². The first kappa shape index (κ1) is 20.0. The molecule has 1 aliphatic heterocycles. The molecule has 1 saturated heterocycles. The van der Waals surface area contributed by atoms with E-state index >= 15 is 0 Å². The van der Waals surface area contributed by atoms with Crippen molar-refractivity contribution in [3.63, 3.8) is 0 Å². The predicted octanol–water partition coefficient (Wildman–Crippen LogP) is 2.57. The minimum atomic E-state index is -0.990. The SMILES string of the molecule is CN(Cc1ccc(S(C)=O)cc1)C(=O)C1CCN(c2ccc(C#N)cn2)CC1. The van der Waals surface area contributed by atoms with E-state index in [1.54, 1.807) is 23.4 Å². The number of carbonyl (C=O) groups excluding carboxylic acids is 1. The lowest BCUT2D eigenvalue weighted by molar-refractivity contribution is -0.135. The van der Waals surface area contributed by atoms with Crippen LogP contribution in [-0.2, 0) is 22.1 Å². The molecule has 146 valence electrons. The lowest BCUT2D eigenvalue weighted by Gasteiger charge is -2.34. The van der Waals surface area contributed by atoms with Crippen LogP contribution in [0, 0.1) is 17.2 Å². The Morgan fingerprint density at radius 2 is 1.93 bits per heavy atom. The maximum atomic E-state index is 12.8. The van der Waals surface area contributed by atoms with Gasteiger partial charge in [-0.05, 0) is 42.7 Å². The molecule has 1 aromatic carbocycles. The van der Waals surface area contributed by atoms with Crippen molar-refractivity contribution in [2.24, 2.45) is 5.92 Å². The predicted molar refractivity (Wildman–Crippen MR) is 109 cm³/mol. The summed E-state index contributed by atoms with van der Waals surface area (Å²) in [7, 11) is 0.846. The monoisotopic (exact) mass is 396 g/mol. The van der Waals surface area contributed by atoms with Crippen LogP contribution in [0.15, 0.2) is 47.5 Å². The Labute approximate surface area is 168 Å². The van der Waals surface area contributed by atoms with Crippen LogP contribution in [0.25, 0.3) is 0 Å². The quantitative estimate of drug-likeness (QED) is 0.776. The molecule has 1 fully saturated rings. The molecule has 1 aliphatic rings. The lowest BCUT2D eigenvalue weighted by Crippen LogP contribution is -2.41. The van der Waals surface area contributed by atoms with Crippen molar-refractivity contribution < 1.29 is 9.00 Å². The van der Waals surface area contributed by atoms with Crippen molar-refractivity contribution in [2.45, 2.75) is 24.3 Å². The molecule has 0 N–H and O–H groups in total. The maximum absolute atomic E-state index is 12.8. The van der Waals surface area contributed by atoms with Gasteiger partial charge in [0.2, 0.25) is 5.91 Å². The third-order valence-corrected chi connectivity index (χ3v) is 6.03. The largest absolute Gasteiger partial charge is 0.357 e. The molecular formula is C21H24N4O2S. The van der Waals surface area contributed by atoms with E-state index in [2.05, 4.69) is 16.0 Å². The van der Waals surface area contributed by atoms with Gasteiger partial charge in [0.1, 0.15) is 11.9 Å². The summed E-state index contributed by atoms with van der Waals surface area (Å²) < 4.78 is 11.5. The van der Waals surface area contributed by atoms with Crippen molar-refractivity contribution in [1.82, 2.24) is 9.88 Å². The number of hydrogen-bond acceptors (Lipinski definition) is 5. The van der Waals surface area contributed by atoms with Gasteiger partial charge in [0.05, 0.1) is 5.56 Å². The molecule has 1 amide bonds. The van der Waals surface area contributed by atoms with Crippen LogP contribution < -0.4 is 4.90 Å². The van der Waals surface area contributed by atoms with Gasteiger partial charge >= 0.3 is 0 Å². The Hall–Kier alpha value is -2.72. The molecule has 2 heterocycles. The zero-order chi connectivity index (χ0) is 20.1. The van der Waals surface area contributed by atoms with Crippen LogP contribution in [-0.4, -0.2) is 46.4 Å². The fourth-order valence-corrected chi connectivity index (χ4v) is 3.96. The highest BCUT2D eigenvalue weighted by Crippen LogP contribution is 2.24. The molecule has 1 aromatic heterocycles. The Morgan fingerprint density at radius 1 is 1.25 bits per heavy atom. The number of pyridine rings is 1. The summed E-state index contributed by atoms with van der Waals surface area (Å²) in [5, 5.41) is 8.87. The second-order valence-corrected chi connectivity index (χ2v) is 8.45. The Kier molecular flexibility index (Phi) is 6.42. The van der Waals surface area contributed by atoms with Gasteiger partial charge < -0.3 is 9.80 Å². The van der Waals surface area contributed by atoms with E-state index in [0.717, 1.165) is 42.2 Å². The third-order valence-electron chi connectivity index (χ3n) is 5.10. The van der Waals surface area contributed by atoms with E-state index in [1.807, 2.05) is 37.4 Å². The highest BCUT2D eigenvalue weighted by Gasteiger charge is 2.27. The number of nitrogens with zero attached hydrogens (tertiary/aromatic N) is 4. The Morgan fingerprint density at radius 3 is 2.46 bits per heavy atom. The normalized spacial score (nSPS) is 15.7. The number of benzene rings is 1. The van der Waals surface area contributed by atoms with Gasteiger partial charge in [-0.3, -0.25) is 9.00 Å². The molecular weight excluding hydrogens is 372 g/mol. The minimum absolute atomic E-state index is 0.0158. The van der Waals surface area contributed by atoms with Crippen molar-refractivity contribution in [3.8, 4) is 6.07 Å². The van der Waals surface area contributed by atoms with Gasteiger partial charge in [-0.25, -0.2) is 4.98 Å². The molecule has 0 saturated carbocycles. The summed E-state index contributed by atoms with van der Waals surface area (Å²) in [5.41, 5.74) is 1.58. The van der Waals surface area contributed by atoms with E-state index in [-0.39, 0.29) is 11.8 Å². The van der Waals surface area contributed by atoms with Gasteiger partial charge in [-0.1, -0.05) is 12.1 Å². The van der Waals surface area contributed by atoms with Crippen molar-refractivity contribution >= 4 is 22.5 Å².